The molecule has 2 N–H and O–H groups in total. The number of aromatic nitrogens is 1. The zero-order valence-electron chi connectivity index (χ0n) is 16.3. The second-order valence-corrected chi connectivity index (χ2v) is 8.62. The molecule has 0 saturated heterocycles. The highest BCUT2D eigenvalue weighted by molar-refractivity contribution is 7.89. The van der Waals surface area contributed by atoms with Gasteiger partial charge in [-0.15, -0.1) is 0 Å². The van der Waals surface area contributed by atoms with Crippen molar-refractivity contribution in [3.8, 4) is 5.75 Å². The lowest BCUT2D eigenvalue weighted by Crippen LogP contribution is -2.28. The van der Waals surface area contributed by atoms with E-state index in [1.807, 2.05) is 55.9 Å². The molecular weight excluding hydrogens is 376 g/mol. The van der Waals surface area contributed by atoms with Gasteiger partial charge in [0.2, 0.25) is 10.0 Å². The molecule has 0 aliphatic carbocycles. The quantitative estimate of drug-likeness (QED) is 0.606. The molecule has 0 fully saturated rings. The average molecular weight is 403 g/mol. The van der Waals surface area contributed by atoms with Crippen LogP contribution < -0.4 is 9.46 Å². The fraction of sp³-hybridized carbons (Fsp3) is 0.333. The van der Waals surface area contributed by atoms with Crippen molar-refractivity contribution in [2.75, 3.05) is 13.2 Å². The van der Waals surface area contributed by atoms with E-state index in [9.17, 15) is 13.5 Å². The van der Waals surface area contributed by atoms with Crippen molar-refractivity contribution in [2.45, 2.75) is 31.3 Å². The number of rotatable bonds is 8. The third-order valence-corrected chi connectivity index (χ3v) is 6.09. The zero-order chi connectivity index (χ0) is 20.3. The predicted molar refractivity (Wildman–Crippen MR) is 110 cm³/mol. The van der Waals surface area contributed by atoms with Gasteiger partial charge in [0.15, 0.2) is 0 Å². The number of ether oxygens (including phenoxy) is 1. The van der Waals surface area contributed by atoms with Crippen LogP contribution in [0.1, 0.15) is 30.6 Å². The van der Waals surface area contributed by atoms with Crippen LogP contribution in [0.15, 0.2) is 53.6 Å². The summed E-state index contributed by atoms with van der Waals surface area (Å²) < 4.78 is 35.3. The Balaban J connectivity index is 1.75. The van der Waals surface area contributed by atoms with Crippen molar-refractivity contribution < 1.29 is 18.3 Å². The lowest BCUT2D eigenvalue weighted by atomic mass is 10.1. The third kappa shape index (κ3) is 4.22. The van der Waals surface area contributed by atoms with Crippen LogP contribution in [-0.4, -0.2) is 31.2 Å². The normalized spacial score (nSPS) is 13.0. The molecule has 1 aromatic heterocycles. The maximum atomic E-state index is 12.6. The van der Waals surface area contributed by atoms with Gasteiger partial charge in [-0.3, -0.25) is 0 Å². The van der Waals surface area contributed by atoms with Crippen LogP contribution in [0.3, 0.4) is 0 Å². The van der Waals surface area contributed by atoms with Gasteiger partial charge in [0, 0.05) is 36.3 Å². The van der Waals surface area contributed by atoms with Crippen LogP contribution in [0.25, 0.3) is 10.9 Å². The van der Waals surface area contributed by atoms with Gasteiger partial charge in [0.25, 0.3) is 0 Å². The van der Waals surface area contributed by atoms with Gasteiger partial charge >= 0.3 is 0 Å². The van der Waals surface area contributed by atoms with E-state index in [1.165, 1.54) is 6.07 Å². The highest BCUT2D eigenvalue weighted by Crippen LogP contribution is 2.26. The molecule has 7 heteroatoms. The molecule has 3 rings (SSSR count). The molecule has 0 spiro atoms. The number of benzene rings is 2. The van der Waals surface area contributed by atoms with E-state index in [1.54, 1.807) is 12.1 Å². The van der Waals surface area contributed by atoms with Crippen molar-refractivity contribution in [1.29, 1.82) is 0 Å². The summed E-state index contributed by atoms with van der Waals surface area (Å²) in [5.74, 6) is 0.677. The Kier molecular flexibility index (Phi) is 6.07. The Morgan fingerprint density at radius 2 is 1.96 bits per heavy atom. The minimum atomic E-state index is -3.74. The molecule has 2 aromatic carbocycles. The fourth-order valence-corrected chi connectivity index (χ4v) is 4.31. The van der Waals surface area contributed by atoms with E-state index in [2.05, 4.69) is 4.72 Å². The first kappa shape index (κ1) is 20.4. The summed E-state index contributed by atoms with van der Waals surface area (Å²) in [6, 6.07) is 12.5. The number of aliphatic hydroxyl groups is 1. The number of hydrogen-bond acceptors (Lipinski definition) is 4. The number of hydrogen-bond donors (Lipinski definition) is 2. The van der Waals surface area contributed by atoms with Gasteiger partial charge < -0.3 is 14.4 Å². The summed E-state index contributed by atoms with van der Waals surface area (Å²) in [6.45, 7) is 4.31. The summed E-state index contributed by atoms with van der Waals surface area (Å²) in [6.07, 6.45) is 1.76. The summed E-state index contributed by atoms with van der Waals surface area (Å²) in [7, 11) is -1.85. The fourth-order valence-electron chi connectivity index (χ4n) is 3.18. The molecule has 1 heterocycles. The van der Waals surface area contributed by atoms with Crippen molar-refractivity contribution in [3.63, 3.8) is 0 Å². The molecule has 1 atom stereocenters. The van der Waals surface area contributed by atoms with Gasteiger partial charge in [-0.25, -0.2) is 13.1 Å². The van der Waals surface area contributed by atoms with E-state index in [0.717, 1.165) is 22.9 Å². The zero-order valence-corrected chi connectivity index (χ0v) is 17.2. The summed E-state index contributed by atoms with van der Waals surface area (Å²) in [4.78, 5) is 0.152. The largest absolute Gasteiger partial charge is 0.493 e. The maximum Gasteiger partial charge on any atom is 0.240 e. The standard InChI is InChI=1S/C21H26N2O4S/c1-4-11-27-21-10-9-16(12-15(21)2)28(25,26)22-13-20(24)18-14-23(3)19-8-6-5-7-17(18)19/h5-10,12,14,20,22,24H,4,11,13H2,1-3H3. The first-order chi connectivity index (χ1) is 13.3. The monoisotopic (exact) mass is 402 g/mol. The summed E-state index contributed by atoms with van der Waals surface area (Å²) >= 11 is 0. The van der Waals surface area contributed by atoms with Gasteiger partial charge in [-0.2, -0.15) is 0 Å². The minimum Gasteiger partial charge on any atom is -0.493 e. The molecule has 0 amide bonds. The maximum absolute atomic E-state index is 12.6. The molecule has 0 aliphatic rings. The molecule has 0 aliphatic heterocycles. The topological polar surface area (TPSA) is 80.6 Å². The Hall–Kier alpha value is -2.35. The average Bonchev–Trinajstić information content (AvgIpc) is 3.02. The molecule has 0 bridgehead atoms. The summed E-state index contributed by atoms with van der Waals surface area (Å²) in [5, 5.41) is 11.5. The number of nitrogens with zero attached hydrogens (tertiary/aromatic N) is 1. The molecule has 0 radical (unpaired) electrons. The van der Waals surface area contributed by atoms with E-state index < -0.39 is 16.1 Å². The third-order valence-electron chi connectivity index (χ3n) is 4.67. The van der Waals surface area contributed by atoms with Gasteiger partial charge in [0.05, 0.1) is 17.6 Å². The summed E-state index contributed by atoms with van der Waals surface area (Å²) in [5.41, 5.74) is 2.43. The number of aryl methyl sites for hydroxylation is 2. The van der Waals surface area contributed by atoms with Gasteiger partial charge in [-0.05, 0) is 43.2 Å². The smallest absolute Gasteiger partial charge is 0.240 e. The molecule has 6 nitrogen and oxygen atoms in total. The first-order valence-corrected chi connectivity index (χ1v) is 10.8. The number of fused-ring (bicyclic) bond motifs is 1. The first-order valence-electron chi connectivity index (χ1n) is 9.28. The molecule has 150 valence electrons. The molecule has 1 unspecified atom stereocenters. The van der Waals surface area contributed by atoms with Crippen LogP contribution in [0.5, 0.6) is 5.75 Å². The van der Waals surface area contributed by atoms with Crippen LogP contribution in [0.2, 0.25) is 0 Å². The molecule has 0 saturated carbocycles. The highest BCUT2D eigenvalue weighted by Gasteiger charge is 2.20. The SMILES string of the molecule is CCCOc1ccc(S(=O)(=O)NCC(O)c2cn(C)c3ccccc23)cc1C. The predicted octanol–water partition coefficient (Wildman–Crippen LogP) is 3.29. The van der Waals surface area contributed by atoms with Crippen molar-refractivity contribution in [3.05, 3.63) is 59.8 Å². The van der Waals surface area contributed by atoms with Crippen LogP contribution in [0.4, 0.5) is 0 Å². The van der Waals surface area contributed by atoms with Crippen molar-refractivity contribution >= 4 is 20.9 Å². The van der Waals surface area contributed by atoms with E-state index in [-0.39, 0.29) is 11.4 Å². The molecule has 28 heavy (non-hydrogen) atoms. The molecule has 3 aromatic rings. The second kappa shape index (κ2) is 8.34. The van der Waals surface area contributed by atoms with Crippen LogP contribution in [-0.2, 0) is 17.1 Å². The van der Waals surface area contributed by atoms with Crippen LogP contribution in [0, 0.1) is 6.92 Å². The number of nitrogens with one attached hydrogen (secondary N) is 1. The van der Waals surface area contributed by atoms with Crippen LogP contribution >= 0.6 is 0 Å². The number of para-hydroxylation sites is 1. The Bertz CT molecular complexity index is 1070. The minimum absolute atomic E-state index is 0.108. The Morgan fingerprint density at radius 3 is 2.68 bits per heavy atom. The van der Waals surface area contributed by atoms with Gasteiger partial charge in [-0.1, -0.05) is 25.1 Å². The second-order valence-electron chi connectivity index (χ2n) is 6.86. The van der Waals surface area contributed by atoms with Gasteiger partial charge in [0.1, 0.15) is 5.75 Å². The number of sulfonamides is 1. The highest BCUT2D eigenvalue weighted by atomic mass is 32.2. The van der Waals surface area contributed by atoms with E-state index in [4.69, 9.17) is 4.74 Å². The number of aliphatic hydroxyl groups excluding tert-OH is 1. The van der Waals surface area contributed by atoms with Crippen molar-refractivity contribution in [1.82, 2.24) is 9.29 Å². The lowest BCUT2D eigenvalue weighted by molar-refractivity contribution is 0.183. The lowest BCUT2D eigenvalue weighted by Gasteiger charge is -2.13. The van der Waals surface area contributed by atoms with E-state index in [0.29, 0.717) is 17.9 Å². The van der Waals surface area contributed by atoms with E-state index >= 15 is 0 Å². The Labute approximate surface area is 165 Å². The molecular formula is C21H26N2O4S. The Morgan fingerprint density at radius 1 is 1.21 bits per heavy atom. The van der Waals surface area contributed by atoms with Crippen molar-refractivity contribution in [2.24, 2.45) is 7.05 Å².